The number of piperidine rings is 1. The molecule has 136 valence electrons. The number of likely N-dealkylation sites (tertiary alicyclic amines) is 1. The first-order valence-electron chi connectivity index (χ1n) is 8.34. The number of aliphatic hydroxyl groups excluding tert-OH is 1. The van der Waals surface area contributed by atoms with Crippen LogP contribution in [-0.4, -0.2) is 40.6 Å². The third kappa shape index (κ3) is 5.78. The highest BCUT2D eigenvalue weighted by atomic mass is 35.5. The highest BCUT2D eigenvalue weighted by molar-refractivity contribution is 6.30. The molecule has 0 unspecified atom stereocenters. The van der Waals surface area contributed by atoms with Gasteiger partial charge in [0.25, 0.3) is 0 Å². The van der Waals surface area contributed by atoms with E-state index in [1.807, 2.05) is 20.8 Å². The molecule has 6 heteroatoms. The van der Waals surface area contributed by atoms with Crippen molar-refractivity contribution in [1.82, 2.24) is 4.90 Å². The smallest absolute Gasteiger partial charge is 0.410 e. The first-order valence-corrected chi connectivity index (χ1v) is 8.72. The fourth-order valence-corrected chi connectivity index (χ4v) is 2.85. The van der Waals surface area contributed by atoms with Crippen LogP contribution in [0.5, 0.6) is 0 Å². The molecule has 1 aliphatic heterocycles. The highest BCUT2D eigenvalue weighted by Crippen LogP contribution is 2.23. The van der Waals surface area contributed by atoms with Gasteiger partial charge >= 0.3 is 6.09 Å². The number of allylic oxidation sites excluding steroid dienone is 1. The number of carbonyl (C=O) groups excluding carboxylic acids is 2. The van der Waals surface area contributed by atoms with E-state index < -0.39 is 5.60 Å². The minimum absolute atomic E-state index is 0.0953. The van der Waals surface area contributed by atoms with E-state index in [4.69, 9.17) is 16.3 Å². The number of carbonyl (C=O) groups is 2. The Morgan fingerprint density at radius 1 is 1.28 bits per heavy atom. The topological polar surface area (TPSA) is 66.8 Å². The van der Waals surface area contributed by atoms with Crippen LogP contribution >= 0.6 is 11.6 Å². The minimum Gasteiger partial charge on any atom is -0.507 e. The van der Waals surface area contributed by atoms with Gasteiger partial charge in [-0.1, -0.05) is 23.7 Å². The van der Waals surface area contributed by atoms with Crippen molar-refractivity contribution in [2.45, 2.75) is 39.2 Å². The lowest BCUT2D eigenvalue weighted by Crippen LogP contribution is -2.42. The molecule has 1 fully saturated rings. The molecule has 1 saturated heterocycles. The van der Waals surface area contributed by atoms with E-state index in [1.165, 1.54) is 6.08 Å². The normalized spacial score (nSPS) is 16.6. The molecule has 0 radical (unpaired) electrons. The number of halogens is 1. The van der Waals surface area contributed by atoms with Gasteiger partial charge in [-0.2, -0.15) is 0 Å². The number of nitrogens with zero attached hydrogens (tertiary/aromatic N) is 1. The van der Waals surface area contributed by atoms with Gasteiger partial charge in [-0.3, -0.25) is 4.79 Å². The van der Waals surface area contributed by atoms with Crippen LogP contribution in [-0.2, 0) is 9.53 Å². The minimum atomic E-state index is -0.533. The van der Waals surface area contributed by atoms with Crippen molar-refractivity contribution < 1.29 is 19.4 Å². The average Bonchev–Trinajstić information content (AvgIpc) is 2.53. The first kappa shape index (κ1) is 19.3. The molecule has 1 heterocycles. The van der Waals surface area contributed by atoms with Crippen molar-refractivity contribution in [2.24, 2.45) is 5.92 Å². The molecule has 25 heavy (non-hydrogen) atoms. The van der Waals surface area contributed by atoms with Crippen LogP contribution in [0.15, 0.2) is 30.3 Å². The van der Waals surface area contributed by atoms with E-state index in [1.54, 1.807) is 29.2 Å². The summed E-state index contributed by atoms with van der Waals surface area (Å²) in [6, 6.07) is 6.71. The van der Waals surface area contributed by atoms with Crippen molar-refractivity contribution in [3.63, 3.8) is 0 Å². The molecular weight excluding hydrogens is 342 g/mol. The zero-order valence-corrected chi connectivity index (χ0v) is 15.5. The number of aliphatic hydroxyl groups is 1. The molecule has 0 spiro atoms. The standard InChI is InChI=1S/C19H24ClNO4/c1-19(2,3)25-18(24)21-9-7-13(8-10-21)16(22)12-17(23)14-5-4-6-15(20)11-14/h4-6,11-13,23H,7-10H2,1-3H3. The lowest BCUT2D eigenvalue weighted by atomic mass is 9.92. The van der Waals surface area contributed by atoms with Gasteiger partial charge in [-0.05, 0) is 45.7 Å². The van der Waals surface area contributed by atoms with E-state index in [0.29, 0.717) is 36.5 Å². The predicted molar refractivity (Wildman–Crippen MR) is 97.6 cm³/mol. The molecule has 0 saturated carbocycles. The van der Waals surface area contributed by atoms with Gasteiger partial charge in [0.05, 0.1) is 0 Å². The second-order valence-electron chi connectivity index (χ2n) is 7.18. The van der Waals surface area contributed by atoms with Crippen molar-refractivity contribution in [2.75, 3.05) is 13.1 Å². The fourth-order valence-electron chi connectivity index (χ4n) is 2.66. The highest BCUT2D eigenvalue weighted by Gasteiger charge is 2.29. The molecule has 0 aliphatic carbocycles. The van der Waals surface area contributed by atoms with E-state index in [0.717, 1.165) is 0 Å². The number of amides is 1. The van der Waals surface area contributed by atoms with Crippen molar-refractivity contribution in [1.29, 1.82) is 0 Å². The Morgan fingerprint density at radius 2 is 1.92 bits per heavy atom. The van der Waals surface area contributed by atoms with Crippen LogP contribution in [0.25, 0.3) is 5.76 Å². The lowest BCUT2D eigenvalue weighted by Gasteiger charge is -2.32. The third-order valence-electron chi connectivity index (χ3n) is 3.95. The lowest BCUT2D eigenvalue weighted by molar-refractivity contribution is -0.119. The van der Waals surface area contributed by atoms with Gasteiger partial charge in [0.2, 0.25) is 0 Å². The Labute approximate surface area is 153 Å². The Balaban J connectivity index is 1.93. The van der Waals surface area contributed by atoms with Gasteiger partial charge < -0.3 is 14.7 Å². The summed E-state index contributed by atoms with van der Waals surface area (Å²) in [4.78, 5) is 26.0. The zero-order valence-electron chi connectivity index (χ0n) is 14.8. The molecule has 1 amide bonds. The van der Waals surface area contributed by atoms with Crippen LogP contribution in [0.1, 0.15) is 39.2 Å². The molecular formula is C19H24ClNO4. The number of hydrogen-bond donors (Lipinski definition) is 1. The van der Waals surface area contributed by atoms with Gasteiger partial charge in [0, 0.05) is 35.7 Å². The number of hydrogen-bond acceptors (Lipinski definition) is 4. The molecule has 1 aliphatic rings. The van der Waals surface area contributed by atoms with Crippen molar-refractivity contribution in [3.05, 3.63) is 40.9 Å². The summed E-state index contributed by atoms with van der Waals surface area (Å²) in [7, 11) is 0. The molecule has 1 aromatic carbocycles. The van der Waals surface area contributed by atoms with E-state index in [9.17, 15) is 14.7 Å². The summed E-state index contributed by atoms with van der Waals surface area (Å²) in [6.07, 6.45) is 2.00. The Kier molecular flexibility index (Phi) is 6.11. The van der Waals surface area contributed by atoms with Crippen LogP contribution in [0.3, 0.4) is 0 Å². The maximum absolute atomic E-state index is 12.4. The number of ketones is 1. The molecule has 0 atom stereocenters. The van der Waals surface area contributed by atoms with Crippen molar-refractivity contribution >= 4 is 29.2 Å². The van der Waals surface area contributed by atoms with Crippen LogP contribution < -0.4 is 0 Å². The van der Waals surface area contributed by atoms with Crippen LogP contribution in [0.4, 0.5) is 4.79 Å². The summed E-state index contributed by atoms with van der Waals surface area (Å²) in [5, 5.41) is 10.6. The largest absolute Gasteiger partial charge is 0.507 e. The van der Waals surface area contributed by atoms with Crippen LogP contribution in [0, 0.1) is 5.92 Å². The van der Waals surface area contributed by atoms with Gasteiger partial charge in [-0.25, -0.2) is 4.79 Å². The summed E-state index contributed by atoms with van der Waals surface area (Å²) in [6.45, 7) is 6.41. The maximum Gasteiger partial charge on any atom is 0.410 e. The molecule has 1 aromatic rings. The summed E-state index contributed by atoms with van der Waals surface area (Å²) < 4.78 is 5.34. The average molecular weight is 366 g/mol. The van der Waals surface area contributed by atoms with E-state index in [2.05, 4.69) is 0 Å². The summed E-state index contributed by atoms with van der Waals surface area (Å²) in [5.41, 5.74) is -0.0260. The zero-order chi connectivity index (χ0) is 18.6. The van der Waals surface area contributed by atoms with Crippen molar-refractivity contribution in [3.8, 4) is 0 Å². The van der Waals surface area contributed by atoms with E-state index >= 15 is 0 Å². The van der Waals surface area contributed by atoms with Gasteiger partial charge in [0.15, 0.2) is 5.78 Å². The third-order valence-corrected chi connectivity index (χ3v) is 4.18. The monoisotopic (exact) mass is 365 g/mol. The second-order valence-corrected chi connectivity index (χ2v) is 7.62. The quantitative estimate of drug-likeness (QED) is 0.634. The van der Waals surface area contributed by atoms with E-state index in [-0.39, 0.29) is 23.6 Å². The Morgan fingerprint density at radius 3 is 2.48 bits per heavy atom. The van der Waals surface area contributed by atoms with Crippen LogP contribution in [0.2, 0.25) is 5.02 Å². The molecule has 2 rings (SSSR count). The SMILES string of the molecule is CC(C)(C)OC(=O)N1CCC(C(=O)C=C(O)c2cccc(Cl)c2)CC1. The number of ether oxygens (including phenoxy) is 1. The molecule has 0 bridgehead atoms. The molecule has 0 aromatic heterocycles. The Bertz CT molecular complexity index is 670. The first-order chi connectivity index (χ1) is 11.7. The number of rotatable bonds is 3. The summed E-state index contributed by atoms with van der Waals surface area (Å²) in [5.74, 6) is -0.441. The summed E-state index contributed by atoms with van der Waals surface area (Å²) >= 11 is 5.89. The number of benzene rings is 1. The van der Waals surface area contributed by atoms with Gasteiger partial charge in [-0.15, -0.1) is 0 Å². The Hall–Kier alpha value is -2.01. The van der Waals surface area contributed by atoms with Gasteiger partial charge in [0.1, 0.15) is 11.4 Å². The fraction of sp³-hybridized carbons (Fsp3) is 0.474. The second kappa shape index (κ2) is 7.91. The maximum atomic E-state index is 12.4. The predicted octanol–water partition coefficient (Wildman–Crippen LogP) is 4.46. The molecule has 1 N–H and O–H groups in total. The molecule has 5 nitrogen and oxygen atoms in total.